The van der Waals surface area contributed by atoms with Gasteiger partial charge in [0.25, 0.3) is 5.91 Å². The minimum atomic E-state index is -4.15. The molecule has 0 unspecified atom stereocenters. The number of ether oxygens (including phenoxy) is 1. The van der Waals surface area contributed by atoms with Crippen molar-refractivity contribution in [3.63, 3.8) is 0 Å². The molecule has 2 aromatic rings. The zero-order valence-corrected chi connectivity index (χ0v) is 16.5. The van der Waals surface area contributed by atoms with Crippen LogP contribution in [0.1, 0.15) is 18.9 Å². The van der Waals surface area contributed by atoms with Gasteiger partial charge in [-0.1, -0.05) is 0 Å². The van der Waals surface area contributed by atoms with Crippen LogP contribution in [0.2, 0.25) is 0 Å². The number of benzene rings is 2. The van der Waals surface area contributed by atoms with Gasteiger partial charge in [-0.25, -0.2) is 21.9 Å². The Balaban J connectivity index is 1.82. The van der Waals surface area contributed by atoms with E-state index in [1.165, 1.54) is 31.2 Å². The molecule has 0 aliphatic rings. The molecule has 0 spiro atoms. The third-order valence-corrected chi connectivity index (χ3v) is 5.24. The molecule has 1 amide bonds. The monoisotopic (exact) mass is 437 g/mol. The lowest BCUT2D eigenvalue weighted by Crippen LogP contribution is -2.32. The molecule has 0 aliphatic carbocycles. The largest absolute Gasteiger partial charge is 0.452 e. The molecule has 0 fully saturated rings. The van der Waals surface area contributed by atoms with E-state index in [2.05, 4.69) is 10.0 Å². The molecule has 1 atom stereocenters. The molecule has 158 valence electrons. The zero-order valence-electron chi connectivity index (χ0n) is 15.7. The van der Waals surface area contributed by atoms with Crippen LogP contribution in [0.5, 0.6) is 0 Å². The van der Waals surface area contributed by atoms with Crippen LogP contribution in [0.4, 0.5) is 14.5 Å². The van der Waals surface area contributed by atoms with Gasteiger partial charge in [0.2, 0.25) is 10.0 Å². The van der Waals surface area contributed by atoms with Crippen molar-refractivity contribution in [2.45, 2.75) is 24.3 Å². The normalized spacial score (nSPS) is 11.9. The third-order valence-electron chi connectivity index (χ3n) is 3.78. The highest BCUT2D eigenvalue weighted by atomic mass is 32.2. The number of hydrogen-bond acceptors (Lipinski definition) is 6. The maximum Gasteiger partial charge on any atom is 0.307 e. The molecular weight excluding hydrogens is 420 g/mol. The van der Waals surface area contributed by atoms with Gasteiger partial charge >= 0.3 is 5.97 Å². The molecule has 0 saturated heterocycles. The standard InChI is InChI=1S/C19H17F2N3O5S/c1-12(19(26)24-14-4-2-13(11-22)3-5-14)29-18(25)8-9-23-30(27,28)15-6-7-16(20)17(21)10-15/h2-7,10,12,23H,8-9H2,1H3,(H,24,26)/t12-/m1/s1. The smallest absolute Gasteiger partial charge is 0.307 e. The van der Waals surface area contributed by atoms with Gasteiger partial charge in [-0.2, -0.15) is 5.26 Å². The van der Waals surface area contributed by atoms with Crippen LogP contribution in [0.3, 0.4) is 0 Å². The molecule has 0 heterocycles. The zero-order chi connectivity index (χ0) is 22.3. The van der Waals surface area contributed by atoms with Gasteiger partial charge in [-0.05, 0) is 49.4 Å². The fourth-order valence-corrected chi connectivity index (χ4v) is 3.24. The first-order chi connectivity index (χ1) is 14.1. The first-order valence-electron chi connectivity index (χ1n) is 8.57. The molecule has 0 aliphatic heterocycles. The number of carbonyl (C=O) groups excluding carboxylic acids is 2. The quantitative estimate of drug-likeness (QED) is 0.609. The summed E-state index contributed by atoms with van der Waals surface area (Å²) in [6.45, 7) is 0.965. The number of halogens is 2. The Morgan fingerprint density at radius 3 is 2.40 bits per heavy atom. The molecule has 0 radical (unpaired) electrons. The van der Waals surface area contributed by atoms with E-state index < -0.39 is 51.0 Å². The van der Waals surface area contributed by atoms with Crippen molar-refractivity contribution in [1.82, 2.24) is 4.72 Å². The summed E-state index contributed by atoms with van der Waals surface area (Å²) >= 11 is 0. The molecule has 0 bridgehead atoms. The first-order valence-corrected chi connectivity index (χ1v) is 10.1. The van der Waals surface area contributed by atoms with E-state index in [4.69, 9.17) is 10.00 Å². The number of amides is 1. The maximum absolute atomic E-state index is 13.2. The van der Waals surface area contributed by atoms with Crippen LogP contribution < -0.4 is 10.0 Å². The van der Waals surface area contributed by atoms with Crippen LogP contribution in [-0.4, -0.2) is 32.9 Å². The van der Waals surface area contributed by atoms with E-state index in [9.17, 15) is 26.8 Å². The molecule has 11 heteroatoms. The van der Waals surface area contributed by atoms with E-state index in [-0.39, 0.29) is 6.54 Å². The van der Waals surface area contributed by atoms with Crippen molar-refractivity contribution in [3.8, 4) is 6.07 Å². The fraction of sp³-hybridized carbons (Fsp3) is 0.211. The Kier molecular flexibility index (Phi) is 7.57. The topological polar surface area (TPSA) is 125 Å². The highest BCUT2D eigenvalue weighted by Gasteiger charge is 2.20. The SMILES string of the molecule is C[C@@H](OC(=O)CCNS(=O)(=O)c1ccc(F)c(F)c1)C(=O)Nc1ccc(C#N)cc1. The van der Waals surface area contributed by atoms with Crippen molar-refractivity contribution >= 4 is 27.6 Å². The Morgan fingerprint density at radius 2 is 1.80 bits per heavy atom. The van der Waals surface area contributed by atoms with Gasteiger partial charge in [0.05, 0.1) is 22.9 Å². The summed E-state index contributed by atoms with van der Waals surface area (Å²) in [5, 5.41) is 11.2. The number of nitrogens with zero attached hydrogens (tertiary/aromatic N) is 1. The second-order valence-corrected chi connectivity index (χ2v) is 7.80. The Hall–Kier alpha value is -3.36. The number of hydrogen-bond donors (Lipinski definition) is 2. The predicted octanol–water partition coefficient (Wildman–Crippen LogP) is 2.08. The third kappa shape index (κ3) is 6.33. The van der Waals surface area contributed by atoms with Gasteiger partial charge in [0.1, 0.15) is 0 Å². The van der Waals surface area contributed by atoms with Crippen LogP contribution in [0, 0.1) is 23.0 Å². The van der Waals surface area contributed by atoms with E-state index in [0.717, 1.165) is 6.07 Å². The number of sulfonamides is 1. The number of nitrogens with one attached hydrogen (secondary N) is 2. The lowest BCUT2D eigenvalue weighted by molar-refractivity contribution is -0.152. The molecule has 2 rings (SSSR count). The second kappa shape index (κ2) is 9.91. The Labute approximate surface area is 171 Å². The lowest BCUT2D eigenvalue weighted by atomic mass is 10.2. The summed E-state index contributed by atoms with van der Waals surface area (Å²) < 4.78 is 57.1. The molecule has 2 N–H and O–H groups in total. The Morgan fingerprint density at radius 1 is 1.13 bits per heavy atom. The molecule has 30 heavy (non-hydrogen) atoms. The second-order valence-electron chi connectivity index (χ2n) is 6.03. The Bertz CT molecular complexity index is 1080. The van der Waals surface area contributed by atoms with Crippen LogP contribution >= 0.6 is 0 Å². The van der Waals surface area contributed by atoms with Crippen molar-refractivity contribution < 1.29 is 31.5 Å². The summed E-state index contributed by atoms with van der Waals surface area (Å²) in [6.07, 6.45) is -1.55. The van der Waals surface area contributed by atoms with Gasteiger partial charge in [0.15, 0.2) is 17.7 Å². The van der Waals surface area contributed by atoms with Gasteiger partial charge < -0.3 is 10.1 Å². The molecule has 2 aromatic carbocycles. The molecular formula is C19H17F2N3O5S. The number of rotatable bonds is 8. The van der Waals surface area contributed by atoms with Gasteiger partial charge in [-0.3, -0.25) is 9.59 Å². The maximum atomic E-state index is 13.2. The van der Waals surface area contributed by atoms with E-state index in [1.54, 1.807) is 0 Å². The minimum Gasteiger partial charge on any atom is -0.452 e. The first kappa shape index (κ1) is 22.9. The van der Waals surface area contributed by atoms with E-state index in [0.29, 0.717) is 23.4 Å². The average molecular weight is 437 g/mol. The number of carbonyl (C=O) groups is 2. The molecule has 0 aromatic heterocycles. The van der Waals surface area contributed by atoms with E-state index in [1.807, 2.05) is 6.07 Å². The average Bonchev–Trinajstić information content (AvgIpc) is 2.70. The van der Waals surface area contributed by atoms with Gasteiger partial charge in [-0.15, -0.1) is 0 Å². The van der Waals surface area contributed by atoms with Crippen LogP contribution in [0.25, 0.3) is 0 Å². The summed E-state index contributed by atoms with van der Waals surface area (Å²) in [7, 11) is -4.15. The fourth-order valence-electron chi connectivity index (χ4n) is 2.20. The molecule has 0 saturated carbocycles. The van der Waals surface area contributed by atoms with Crippen molar-refractivity contribution in [2.24, 2.45) is 0 Å². The number of nitriles is 1. The minimum absolute atomic E-state index is 0.371. The highest BCUT2D eigenvalue weighted by molar-refractivity contribution is 7.89. The van der Waals surface area contributed by atoms with Crippen molar-refractivity contribution in [2.75, 3.05) is 11.9 Å². The predicted molar refractivity (Wildman–Crippen MR) is 102 cm³/mol. The van der Waals surface area contributed by atoms with Crippen molar-refractivity contribution in [1.29, 1.82) is 5.26 Å². The van der Waals surface area contributed by atoms with Crippen molar-refractivity contribution in [3.05, 3.63) is 59.7 Å². The lowest BCUT2D eigenvalue weighted by Gasteiger charge is -2.14. The molecule has 8 nitrogen and oxygen atoms in total. The summed E-state index contributed by atoms with van der Waals surface area (Å²) in [5.41, 5.74) is 0.819. The number of esters is 1. The number of anilines is 1. The summed E-state index contributed by atoms with van der Waals surface area (Å²) in [6, 6.07) is 10.0. The van der Waals surface area contributed by atoms with Crippen LogP contribution in [0.15, 0.2) is 47.4 Å². The highest BCUT2D eigenvalue weighted by Crippen LogP contribution is 2.14. The van der Waals surface area contributed by atoms with Crippen LogP contribution in [-0.2, 0) is 24.3 Å². The summed E-state index contributed by atoms with van der Waals surface area (Å²) in [5.74, 6) is -3.97. The van der Waals surface area contributed by atoms with Gasteiger partial charge in [0, 0.05) is 12.2 Å². The van der Waals surface area contributed by atoms with E-state index >= 15 is 0 Å². The summed E-state index contributed by atoms with van der Waals surface area (Å²) in [4.78, 5) is 23.4.